The third-order valence-electron chi connectivity index (χ3n) is 11.3. The quantitative estimate of drug-likeness (QED) is 0.273. The number of benzene rings is 1. The molecule has 47 heavy (non-hydrogen) atoms. The zero-order valence-electron chi connectivity index (χ0n) is 28.4. The van der Waals surface area contributed by atoms with Gasteiger partial charge in [0.05, 0.1) is 23.0 Å². The van der Waals surface area contributed by atoms with Crippen molar-refractivity contribution >= 4 is 40.3 Å². The predicted molar refractivity (Wildman–Crippen MR) is 184 cm³/mol. The van der Waals surface area contributed by atoms with Gasteiger partial charge in [-0.1, -0.05) is 37.6 Å². The van der Waals surface area contributed by atoms with Crippen molar-refractivity contribution in [3.8, 4) is 11.3 Å². The number of ether oxygens (including phenoxy) is 1. The van der Waals surface area contributed by atoms with E-state index in [1.807, 2.05) is 33.2 Å². The van der Waals surface area contributed by atoms with Crippen molar-refractivity contribution in [3.05, 3.63) is 41.3 Å². The maximum absolute atomic E-state index is 14.7. The predicted octanol–water partition coefficient (Wildman–Crippen LogP) is 7.35. The van der Waals surface area contributed by atoms with Crippen molar-refractivity contribution in [1.29, 1.82) is 0 Å². The van der Waals surface area contributed by atoms with E-state index in [4.69, 9.17) is 21.3 Å². The number of imidazole rings is 1. The number of aromatic nitrogens is 3. The molecular weight excluding hydrogens is 612 g/mol. The summed E-state index contributed by atoms with van der Waals surface area (Å²) in [5, 5.41) is 0.465. The first-order valence-electron chi connectivity index (χ1n) is 17.6. The largest absolute Gasteiger partial charge is 0.444 e. The molecule has 9 nitrogen and oxygen atoms in total. The fourth-order valence-electron chi connectivity index (χ4n) is 8.63. The van der Waals surface area contributed by atoms with Crippen LogP contribution in [-0.2, 0) is 14.9 Å². The highest BCUT2D eigenvalue weighted by molar-refractivity contribution is 6.34. The van der Waals surface area contributed by atoms with Crippen molar-refractivity contribution in [2.24, 2.45) is 5.41 Å². The number of hydrogen-bond donors (Lipinski definition) is 0. The Balaban J connectivity index is 1.11. The van der Waals surface area contributed by atoms with Gasteiger partial charge in [0.2, 0.25) is 5.91 Å². The number of piperidine rings is 2. The molecule has 10 heteroatoms. The molecule has 3 aromatic rings. The Labute approximate surface area is 282 Å². The van der Waals surface area contributed by atoms with Gasteiger partial charge in [-0.15, -0.1) is 0 Å². The number of amides is 2. The van der Waals surface area contributed by atoms with Gasteiger partial charge >= 0.3 is 6.09 Å². The molecule has 0 N–H and O–H groups in total. The van der Waals surface area contributed by atoms with E-state index < -0.39 is 11.0 Å². The second-order valence-electron chi connectivity index (χ2n) is 16.5. The van der Waals surface area contributed by atoms with E-state index in [2.05, 4.69) is 51.4 Å². The van der Waals surface area contributed by atoms with E-state index in [0.717, 1.165) is 72.3 Å². The molecule has 3 aliphatic heterocycles. The van der Waals surface area contributed by atoms with Gasteiger partial charge < -0.3 is 19.1 Å². The van der Waals surface area contributed by atoms with Crippen LogP contribution in [0.2, 0.25) is 5.15 Å². The van der Waals surface area contributed by atoms with E-state index in [1.165, 1.54) is 12.8 Å². The van der Waals surface area contributed by atoms with Gasteiger partial charge in [0.25, 0.3) is 0 Å². The molecule has 8 rings (SSSR count). The Morgan fingerprint density at radius 2 is 1.74 bits per heavy atom. The molecule has 0 unspecified atom stereocenters. The van der Waals surface area contributed by atoms with Gasteiger partial charge in [0, 0.05) is 49.0 Å². The number of carbonyl (C=O) groups is 2. The molecule has 2 saturated heterocycles. The summed E-state index contributed by atoms with van der Waals surface area (Å²) >= 11 is 6.80. The maximum Gasteiger partial charge on any atom is 0.410 e. The highest BCUT2D eigenvalue weighted by Gasteiger charge is 2.56. The summed E-state index contributed by atoms with van der Waals surface area (Å²) in [5.41, 5.74) is 4.63. The number of anilines is 1. The lowest BCUT2D eigenvalue weighted by Crippen LogP contribution is -2.59. The number of hydrogen-bond acceptors (Lipinski definition) is 6. The molecule has 2 aliphatic carbocycles. The lowest BCUT2D eigenvalue weighted by molar-refractivity contribution is -0.126. The third kappa shape index (κ3) is 5.41. The van der Waals surface area contributed by atoms with Crippen molar-refractivity contribution in [2.75, 3.05) is 31.1 Å². The van der Waals surface area contributed by atoms with Crippen LogP contribution in [-0.4, -0.2) is 80.2 Å². The number of nitrogens with zero attached hydrogens (tertiary/aromatic N) is 6. The van der Waals surface area contributed by atoms with Gasteiger partial charge in [0.15, 0.2) is 5.15 Å². The van der Waals surface area contributed by atoms with Crippen molar-refractivity contribution in [1.82, 2.24) is 24.3 Å². The smallest absolute Gasteiger partial charge is 0.410 e. The first-order chi connectivity index (χ1) is 22.3. The molecule has 2 amide bonds. The van der Waals surface area contributed by atoms with Crippen LogP contribution in [0, 0.1) is 5.41 Å². The first-order valence-corrected chi connectivity index (χ1v) is 17.9. The molecule has 4 fully saturated rings. The van der Waals surface area contributed by atoms with E-state index in [0.29, 0.717) is 48.6 Å². The zero-order valence-corrected chi connectivity index (χ0v) is 29.1. The molecule has 2 saturated carbocycles. The fraction of sp³-hybridized carbons (Fsp3) is 0.622. The number of fused-ring (bicyclic) bond motifs is 3. The summed E-state index contributed by atoms with van der Waals surface area (Å²) < 4.78 is 7.83. The summed E-state index contributed by atoms with van der Waals surface area (Å²) in [6.07, 6.45) is 9.51. The number of likely N-dealkylation sites (tertiary alicyclic amines) is 2. The lowest BCUT2D eigenvalue weighted by Gasteiger charge is -2.50. The highest BCUT2D eigenvalue weighted by Crippen LogP contribution is 2.52. The monoisotopic (exact) mass is 658 g/mol. The van der Waals surface area contributed by atoms with Crippen LogP contribution in [0.4, 0.5) is 10.5 Å². The number of rotatable bonds is 4. The summed E-state index contributed by atoms with van der Waals surface area (Å²) in [6, 6.07) is 9.52. The number of halogens is 1. The molecule has 250 valence electrons. The molecular formula is C37H47ClN6O3. The van der Waals surface area contributed by atoms with Crippen molar-refractivity contribution in [3.63, 3.8) is 0 Å². The summed E-state index contributed by atoms with van der Waals surface area (Å²) in [6.45, 7) is 13.7. The van der Waals surface area contributed by atoms with E-state index in [-0.39, 0.29) is 18.0 Å². The molecule has 1 spiro atoms. The standard InChI is InChI=1S/C37H47ClN6O3/c1-35(2,3)47-34(46)41-15-12-37(13-16-41)27-10-7-23(28-20-29-31(32(38)40-28)43(22-39-29)24-8-9-24)17-30(27)44(33(37)45)26-18-25(19-26)42-14-6-11-36(4,5)21-42/h7,10,17,20,22,24-26H,6,8-9,11-16,18-19,21H2,1-5H3/t25-,26+. The van der Waals surface area contributed by atoms with Crippen LogP contribution in [0.15, 0.2) is 30.6 Å². The zero-order chi connectivity index (χ0) is 32.9. The number of pyridine rings is 1. The summed E-state index contributed by atoms with van der Waals surface area (Å²) in [5.74, 6) is 0.181. The maximum atomic E-state index is 14.7. The third-order valence-corrected chi connectivity index (χ3v) is 11.6. The number of carbonyl (C=O) groups excluding carboxylic acids is 2. The van der Waals surface area contributed by atoms with Gasteiger partial charge in [-0.05, 0) is 102 Å². The Morgan fingerprint density at radius 1 is 1.00 bits per heavy atom. The summed E-state index contributed by atoms with van der Waals surface area (Å²) in [7, 11) is 0. The molecule has 2 aromatic heterocycles. The van der Waals surface area contributed by atoms with E-state index in [1.54, 1.807) is 4.90 Å². The molecule has 0 bridgehead atoms. The first kappa shape index (κ1) is 31.1. The van der Waals surface area contributed by atoms with Crippen LogP contribution in [0.1, 0.15) is 97.6 Å². The molecule has 5 aliphatic rings. The molecule has 0 radical (unpaired) electrons. The molecule has 5 heterocycles. The normalized spacial score (nSPS) is 25.7. The van der Waals surface area contributed by atoms with Crippen molar-refractivity contribution < 1.29 is 14.3 Å². The van der Waals surface area contributed by atoms with Crippen LogP contribution >= 0.6 is 11.6 Å². The van der Waals surface area contributed by atoms with E-state index >= 15 is 0 Å². The molecule has 1 aromatic carbocycles. The van der Waals surface area contributed by atoms with Crippen LogP contribution in [0.3, 0.4) is 0 Å². The Morgan fingerprint density at radius 3 is 2.43 bits per heavy atom. The lowest BCUT2D eigenvalue weighted by atomic mass is 9.73. The average molecular weight is 659 g/mol. The van der Waals surface area contributed by atoms with Gasteiger partial charge in [-0.25, -0.2) is 14.8 Å². The highest BCUT2D eigenvalue weighted by atomic mass is 35.5. The minimum atomic E-state index is -0.650. The minimum absolute atomic E-state index is 0.156. The Hall–Kier alpha value is -3.17. The van der Waals surface area contributed by atoms with Gasteiger partial charge in [0.1, 0.15) is 11.1 Å². The van der Waals surface area contributed by atoms with Crippen LogP contribution in [0.25, 0.3) is 22.3 Å². The second-order valence-corrected chi connectivity index (χ2v) is 16.9. The topological polar surface area (TPSA) is 83.8 Å². The summed E-state index contributed by atoms with van der Waals surface area (Å²) in [4.78, 5) is 43.8. The van der Waals surface area contributed by atoms with Crippen LogP contribution in [0.5, 0.6) is 0 Å². The van der Waals surface area contributed by atoms with Crippen LogP contribution < -0.4 is 4.90 Å². The van der Waals surface area contributed by atoms with Gasteiger partial charge in [-0.3, -0.25) is 9.69 Å². The second kappa shape index (κ2) is 10.9. The van der Waals surface area contributed by atoms with Gasteiger partial charge in [-0.2, -0.15) is 0 Å². The SMILES string of the molecule is CC1(C)CCCN([C@H]2C[C@@H](N3C(=O)C4(CCN(C(=O)OC(C)(C)C)CC4)c4ccc(-c5cc6ncn(C7CC7)c6c(Cl)n5)cc43)C2)C1. The average Bonchev–Trinajstić information content (AvgIpc) is 3.70. The Bertz CT molecular complexity index is 1740. The fourth-order valence-corrected chi connectivity index (χ4v) is 8.92. The van der Waals surface area contributed by atoms with Crippen molar-refractivity contribution in [2.45, 2.75) is 115 Å². The minimum Gasteiger partial charge on any atom is -0.444 e. The molecule has 0 atom stereocenters. The van der Waals surface area contributed by atoms with E-state index in [9.17, 15) is 9.59 Å². The Kier molecular flexibility index (Phi) is 7.23.